The van der Waals surface area contributed by atoms with Crippen molar-refractivity contribution < 1.29 is 0 Å². The van der Waals surface area contributed by atoms with E-state index in [9.17, 15) is 0 Å². The van der Waals surface area contributed by atoms with E-state index in [4.69, 9.17) is 0 Å². The Morgan fingerprint density at radius 3 is 0.880 bits per heavy atom. The second-order valence-corrected chi connectivity index (χ2v) is 13.1. The molecule has 0 spiro atoms. The van der Waals surface area contributed by atoms with Crippen LogP contribution in [0.5, 0.6) is 0 Å². The first-order valence-corrected chi connectivity index (χ1v) is 12.3. The Bertz CT molecular complexity index is 317. The van der Waals surface area contributed by atoms with Crippen LogP contribution in [0, 0.1) is 0 Å². The Kier molecular flexibility index (Phi) is 13.2. The largest absolute Gasteiger partial charge is 0.103 e. The zero-order chi connectivity index (χ0) is 19.3. The molecular weight excluding hydrogens is 319 g/mol. The molecule has 0 fully saturated rings. The Hall–Kier alpha value is -0.610. The number of allylic oxidation sites excluding steroid dienone is 4. The molecule has 0 aromatic carbocycles. The van der Waals surface area contributed by atoms with Gasteiger partial charge in [0.1, 0.15) is 0 Å². The fourth-order valence-corrected chi connectivity index (χ4v) is 12.5. The van der Waals surface area contributed by atoms with E-state index in [-0.39, 0.29) is 0 Å². The number of hydrogen-bond donors (Lipinski definition) is 0. The van der Waals surface area contributed by atoms with Crippen molar-refractivity contribution in [2.75, 3.05) is 0 Å². The van der Waals surface area contributed by atoms with E-state index in [2.05, 4.69) is 78.3 Å². The molecule has 0 aromatic heterocycles. The monoisotopic (exact) mass is 363 g/mol. The summed E-state index contributed by atoms with van der Waals surface area (Å²) >= 11 is 0. The molecule has 25 heavy (non-hydrogen) atoms. The smallest absolute Gasteiger partial charge is 0.0680 e. The van der Waals surface area contributed by atoms with Crippen LogP contribution in [0.1, 0.15) is 79.1 Å². The van der Waals surface area contributed by atoms with Crippen LogP contribution >= 0.6 is 7.26 Å². The predicted molar refractivity (Wildman–Crippen MR) is 122 cm³/mol. The van der Waals surface area contributed by atoms with Gasteiger partial charge in [0.25, 0.3) is 0 Å². The summed E-state index contributed by atoms with van der Waals surface area (Å²) in [4.78, 5) is 0. The van der Waals surface area contributed by atoms with Gasteiger partial charge in [-0.25, -0.2) is 0 Å². The summed E-state index contributed by atoms with van der Waals surface area (Å²) in [6.45, 7) is 26.0. The van der Waals surface area contributed by atoms with Crippen molar-refractivity contribution in [3.8, 4) is 0 Å². The summed E-state index contributed by atoms with van der Waals surface area (Å²) in [6, 6.07) is 0. The first-order chi connectivity index (χ1) is 11.9. The average molecular weight is 364 g/mol. The summed E-state index contributed by atoms with van der Waals surface area (Å²) in [5.74, 6) is 0. The van der Waals surface area contributed by atoms with Gasteiger partial charge in [-0.2, -0.15) is 0 Å². The first-order valence-electron chi connectivity index (χ1n) is 10.2. The molecule has 0 aliphatic heterocycles. The summed E-state index contributed by atoms with van der Waals surface area (Å²) < 4.78 is 0. The molecule has 4 unspecified atom stereocenters. The van der Waals surface area contributed by atoms with Gasteiger partial charge in [0.05, 0.1) is 22.6 Å². The van der Waals surface area contributed by atoms with Gasteiger partial charge in [-0.3, -0.25) is 0 Å². The van der Waals surface area contributed by atoms with Crippen molar-refractivity contribution in [2.45, 2.75) is 102 Å². The number of rotatable bonds is 16. The normalized spacial score (nSPS) is 18.4. The highest BCUT2D eigenvalue weighted by molar-refractivity contribution is 7.78. The SMILES string of the molecule is C=CCCC(C)[P+](C(C)CCC=C)(C(C)CCC=C)C(C)CCC=C. The Balaban J connectivity index is 5.86. The van der Waals surface area contributed by atoms with Crippen molar-refractivity contribution in [1.82, 2.24) is 0 Å². The second-order valence-electron chi connectivity index (χ2n) is 7.75. The lowest BCUT2D eigenvalue weighted by atomic mass is 10.2. The molecule has 144 valence electrons. The average Bonchev–Trinajstić information content (AvgIpc) is 2.61. The first kappa shape index (κ1) is 24.4. The van der Waals surface area contributed by atoms with Gasteiger partial charge in [0.15, 0.2) is 0 Å². The van der Waals surface area contributed by atoms with Crippen LogP contribution in [0.4, 0.5) is 0 Å². The number of hydrogen-bond acceptors (Lipinski definition) is 0. The van der Waals surface area contributed by atoms with Crippen molar-refractivity contribution in [1.29, 1.82) is 0 Å². The maximum Gasteiger partial charge on any atom is 0.0680 e. The minimum absolute atomic E-state index is 0.796. The highest BCUT2D eigenvalue weighted by Gasteiger charge is 2.54. The molecule has 0 amide bonds. The van der Waals surface area contributed by atoms with E-state index in [1.165, 1.54) is 25.7 Å². The van der Waals surface area contributed by atoms with Crippen molar-refractivity contribution in [3.63, 3.8) is 0 Å². The van der Waals surface area contributed by atoms with Crippen molar-refractivity contribution >= 4 is 7.26 Å². The van der Waals surface area contributed by atoms with E-state index in [1.807, 2.05) is 0 Å². The third kappa shape index (κ3) is 6.90. The maximum absolute atomic E-state index is 3.97. The van der Waals surface area contributed by atoms with Crippen LogP contribution in [-0.4, -0.2) is 22.6 Å². The van der Waals surface area contributed by atoms with E-state index in [0.717, 1.165) is 48.3 Å². The van der Waals surface area contributed by atoms with Crippen LogP contribution in [0.25, 0.3) is 0 Å². The van der Waals surface area contributed by atoms with E-state index >= 15 is 0 Å². The van der Waals surface area contributed by atoms with Crippen molar-refractivity contribution in [2.24, 2.45) is 0 Å². The maximum atomic E-state index is 3.97. The molecule has 0 radical (unpaired) electrons. The van der Waals surface area contributed by atoms with Gasteiger partial charge in [-0.1, -0.05) is 24.3 Å². The van der Waals surface area contributed by atoms with Crippen LogP contribution in [-0.2, 0) is 0 Å². The molecule has 0 saturated heterocycles. The predicted octanol–water partition coefficient (Wildman–Crippen LogP) is 8.42. The lowest BCUT2D eigenvalue weighted by molar-refractivity contribution is 0.673. The van der Waals surface area contributed by atoms with Gasteiger partial charge < -0.3 is 0 Å². The lowest BCUT2D eigenvalue weighted by Gasteiger charge is -2.46. The molecule has 0 N–H and O–H groups in total. The highest BCUT2D eigenvalue weighted by atomic mass is 31.2. The molecule has 0 saturated carbocycles. The van der Waals surface area contributed by atoms with Gasteiger partial charge in [-0.05, 0) is 79.1 Å². The molecule has 0 aromatic rings. The third-order valence-electron chi connectivity index (χ3n) is 6.21. The molecule has 4 atom stereocenters. The fraction of sp³-hybridized carbons (Fsp3) is 0.667. The summed E-state index contributed by atoms with van der Waals surface area (Å²) in [7, 11) is -1.17. The molecule has 0 heterocycles. The highest BCUT2D eigenvalue weighted by Crippen LogP contribution is 2.76. The van der Waals surface area contributed by atoms with Gasteiger partial charge >= 0.3 is 0 Å². The van der Waals surface area contributed by atoms with Crippen LogP contribution in [0.2, 0.25) is 0 Å². The van der Waals surface area contributed by atoms with Gasteiger partial charge in [0.2, 0.25) is 0 Å². The quantitative estimate of drug-likeness (QED) is 0.191. The van der Waals surface area contributed by atoms with E-state index < -0.39 is 7.26 Å². The van der Waals surface area contributed by atoms with E-state index in [0.29, 0.717) is 0 Å². The zero-order valence-electron chi connectivity index (χ0n) is 17.6. The minimum atomic E-state index is -1.17. The summed E-state index contributed by atoms with van der Waals surface area (Å²) in [5.41, 5.74) is 3.18. The molecule has 1 heteroatoms. The van der Waals surface area contributed by atoms with Gasteiger partial charge in [-0.15, -0.1) is 26.3 Å². The Labute approximate surface area is 159 Å². The van der Waals surface area contributed by atoms with Crippen LogP contribution < -0.4 is 0 Å². The van der Waals surface area contributed by atoms with Crippen LogP contribution in [0.3, 0.4) is 0 Å². The zero-order valence-corrected chi connectivity index (χ0v) is 18.4. The topological polar surface area (TPSA) is 0 Å². The Morgan fingerprint density at radius 1 is 0.520 bits per heavy atom. The second kappa shape index (κ2) is 13.6. The standard InChI is InChI=1S/C24H44P/c1-9-13-17-21(5)25(22(6)18-14-10-2,23(7)19-15-11-3)24(8)20-16-12-4/h9-12,21-24H,1-4,13-20H2,5-8H3/q+1. The lowest BCUT2D eigenvalue weighted by Crippen LogP contribution is -2.35. The molecule has 0 aliphatic rings. The summed E-state index contributed by atoms with van der Waals surface area (Å²) in [6.07, 6.45) is 18.1. The molecule has 0 nitrogen and oxygen atoms in total. The fourth-order valence-electron chi connectivity index (χ4n) is 4.94. The minimum Gasteiger partial charge on any atom is -0.103 e. The Morgan fingerprint density at radius 2 is 0.720 bits per heavy atom. The third-order valence-corrected chi connectivity index (χ3v) is 13.3. The molecule has 0 rings (SSSR count). The van der Waals surface area contributed by atoms with Gasteiger partial charge in [0, 0.05) is 7.26 Å². The van der Waals surface area contributed by atoms with E-state index in [1.54, 1.807) is 0 Å². The summed E-state index contributed by atoms with van der Waals surface area (Å²) in [5, 5.41) is 0. The molecule has 0 bridgehead atoms. The van der Waals surface area contributed by atoms with Crippen molar-refractivity contribution in [3.05, 3.63) is 50.6 Å². The molecular formula is C24H44P+. The van der Waals surface area contributed by atoms with Crippen LogP contribution in [0.15, 0.2) is 50.6 Å². The molecule has 0 aliphatic carbocycles.